The Morgan fingerprint density at radius 2 is 1.96 bits per heavy atom. The van der Waals surface area contributed by atoms with Crippen LogP contribution in [0.5, 0.6) is 0 Å². The molecule has 0 bridgehead atoms. The lowest BCUT2D eigenvalue weighted by molar-refractivity contribution is -0.142. The third kappa shape index (κ3) is 2.74. The summed E-state index contributed by atoms with van der Waals surface area (Å²) in [5.74, 6) is -0.566. The first-order valence-electron chi connectivity index (χ1n) is 8.41. The van der Waals surface area contributed by atoms with E-state index in [9.17, 15) is 9.59 Å². The van der Waals surface area contributed by atoms with Crippen molar-refractivity contribution in [2.24, 2.45) is 17.8 Å². The van der Waals surface area contributed by atoms with Crippen LogP contribution in [0.1, 0.15) is 33.1 Å². The number of esters is 2. The summed E-state index contributed by atoms with van der Waals surface area (Å²) >= 11 is 0. The molecular weight excluding hydrogens is 304 g/mol. The molecule has 3 fully saturated rings. The van der Waals surface area contributed by atoms with E-state index < -0.39 is 0 Å². The van der Waals surface area contributed by atoms with Gasteiger partial charge in [0.2, 0.25) is 0 Å². The van der Waals surface area contributed by atoms with Crippen LogP contribution in [0.3, 0.4) is 0 Å². The van der Waals surface area contributed by atoms with Gasteiger partial charge in [-0.2, -0.15) is 0 Å². The number of rotatable bonds is 2. The third-order valence-electron chi connectivity index (χ3n) is 5.41. The van der Waals surface area contributed by atoms with E-state index in [1.54, 1.807) is 0 Å². The fourth-order valence-corrected chi connectivity index (χ4v) is 4.22. The Morgan fingerprint density at radius 3 is 2.62 bits per heavy atom. The molecule has 0 amide bonds. The maximum Gasteiger partial charge on any atom is 0.334 e. The Morgan fingerprint density at radius 1 is 1.25 bits per heavy atom. The summed E-state index contributed by atoms with van der Waals surface area (Å²) in [6.45, 7) is 16.0. The standard InChI is InChI=1S/C20H24O4/c1-10(2)8-17(21)23-16-9-15-11(3)6-7-14-12(4)20(22)24-19(14)18(15)13(16)5/h8,14-16,18-19H,3-7,9H2,1-2H3/t14-,15-,16-,18-,19-/m0/s1. The van der Waals surface area contributed by atoms with E-state index in [1.165, 1.54) is 6.08 Å². The number of allylic oxidation sites excluding steroid dienone is 2. The van der Waals surface area contributed by atoms with Crippen LogP contribution < -0.4 is 0 Å². The summed E-state index contributed by atoms with van der Waals surface area (Å²) < 4.78 is 11.2. The summed E-state index contributed by atoms with van der Waals surface area (Å²) in [5.41, 5.74) is 3.39. The smallest absolute Gasteiger partial charge is 0.334 e. The van der Waals surface area contributed by atoms with E-state index in [1.807, 2.05) is 13.8 Å². The first-order chi connectivity index (χ1) is 11.3. The highest BCUT2D eigenvalue weighted by Gasteiger charge is 2.53. The monoisotopic (exact) mass is 328 g/mol. The van der Waals surface area contributed by atoms with Crippen LogP contribution in [-0.4, -0.2) is 24.1 Å². The Bertz CT molecular complexity index is 665. The lowest BCUT2D eigenvalue weighted by Gasteiger charge is -2.26. The van der Waals surface area contributed by atoms with E-state index in [0.717, 1.165) is 29.6 Å². The van der Waals surface area contributed by atoms with Crippen molar-refractivity contribution in [3.8, 4) is 0 Å². The van der Waals surface area contributed by atoms with Crippen LogP contribution in [0.4, 0.5) is 0 Å². The Kier molecular flexibility index (Phi) is 4.24. The van der Waals surface area contributed by atoms with Gasteiger partial charge in [-0.3, -0.25) is 0 Å². The molecule has 4 nitrogen and oxygen atoms in total. The molecular formula is C20H24O4. The van der Waals surface area contributed by atoms with Crippen LogP contribution in [-0.2, 0) is 19.1 Å². The lowest BCUT2D eigenvalue weighted by Crippen LogP contribution is -2.29. The summed E-state index contributed by atoms with van der Waals surface area (Å²) in [4.78, 5) is 23.9. The Hall–Kier alpha value is -2.10. The second-order valence-electron chi connectivity index (χ2n) is 7.29. The molecule has 2 saturated carbocycles. The average molecular weight is 328 g/mol. The summed E-state index contributed by atoms with van der Waals surface area (Å²) in [6.07, 6.45) is 3.20. The van der Waals surface area contributed by atoms with Crippen LogP contribution in [0.2, 0.25) is 0 Å². The van der Waals surface area contributed by atoms with Gasteiger partial charge in [0, 0.05) is 23.5 Å². The van der Waals surface area contributed by atoms with Crippen molar-refractivity contribution >= 4 is 11.9 Å². The highest BCUT2D eigenvalue weighted by atomic mass is 16.6. The van der Waals surface area contributed by atoms with Crippen molar-refractivity contribution < 1.29 is 19.1 Å². The first-order valence-corrected chi connectivity index (χ1v) is 8.41. The SMILES string of the molecule is C=C1[C@@H]2[C@H]3OC(=O)C(=C)[C@@H]3CCC(=C)[C@@H]2C[C@@H]1OC(=O)C=C(C)C. The maximum atomic E-state index is 12.0. The number of hydrogen-bond donors (Lipinski definition) is 0. The molecule has 2 aliphatic carbocycles. The fourth-order valence-electron chi connectivity index (χ4n) is 4.22. The van der Waals surface area contributed by atoms with E-state index in [4.69, 9.17) is 9.47 Å². The van der Waals surface area contributed by atoms with Crippen molar-refractivity contribution in [3.63, 3.8) is 0 Å². The molecule has 0 aromatic heterocycles. The molecule has 1 aliphatic heterocycles. The average Bonchev–Trinajstić information content (AvgIpc) is 2.89. The van der Waals surface area contributed by atoms with Gasteiger partial charge < -0.3 is 9.47 Å². The zero-order valence-corrected chi connectivity index (χ0v) is 14.3. The quantitative estimate of drug-likeness (QED) is 0.442. The zero-order chi connectivity index (χ0) is 17.6. The van der Waals surface area contributed by atoms with Gasteiger partial charge in [-0.1, -0.05) is 30.9 Å². The van der Waals surface area contributed by atoms with Gasteiger partial charge in [-0.15, -0.1) is 0 Å². The van der Waals surface area contributed by atoms with Gasteiger partial charge in [0.1, 0.15) is 12.2 Å². The molecule has 3 aliphatic rings. The van der Waals surface area contributed by atoms with Crippen molar-refractivity contribution in [2.75, 3.05) is 0 Å². The largest absolute Gasteiger partial charge is 0.458 e. The van der Waals surface area contributed by atoms with Crippen molar-refractivity contribution in [3.05, 3.63) is 48.1 Å². The van der Waals surface area contributed by atoms with Crippen LogP contribution in [0.25, 0.3) is 0 Å². The third-order valence-corrected chi connectivity index (χ3v) is 5.41. The highest BCUT2D eigenvalue weighted by Crippen LogP contribution is 2.52. The van der Waals surface area contributed by atoms with Gasteiger partial charge >= 0.3 is 11.9 Å². The molecule has 0 N–H and O–H groups in total. The number of fused-ring (bicyclic) bond motifs is 3. The Balaban J connectivity index is 1.85. The summed E-state index contributed by atoms with van der Waals surface area (Å²) in [6, 6.07) is 0. The van der Waals surface area contributed by atoms with Crippen molar-refractivity contribution in [1.29, 1.82) is 0 Å². The molecule has 0 aromatic rings. The number of carbonyl (C=O) groups is 2. The molecule has 4 heteroatoms. The maximum absolute atomic E-state index is 12.0. The van der Waals surface area contributed by atoms with Crippen LogP contribution >= 0.6 is 0 Å². The predicted molar refractivity (Wildman–Crippen MR) is 90.9 cm³/mol. The Labute approximate surface area is 142 Å². The van der Waals surface area contributed by atoms with Gasteiger partial charge in [-0.25, -0.2) is 9.59 Å². The van der Waals surface area contributed by atoms with Crippen molar-refractivity contribution in [2.45, 2.75) is 45.3 Å². The fraction of sp³-hybridized carbons (Fsp3) is 0.500. The van der Waals surface area contributed by atoms with E-state index in [0.29, 0.717) is 12.0 Å². The predicted octanol–water partition coefficient (Wildman–Crippen LogP) is 3.50. The molecule has 1 saturated heterocycles. The minimum Gasteiger partial charge on any atom is -0.458 e. The molecule has 0 unspecified atom stereocenters. The number of hydrogen-bond acceptors (Lipinski definition) is 4. The normalized spacial score (nSPS) is 35.0. The van der Waals surface area contributed by atoms with Gasteiger partial charge in [0.15, 0.2) is 0 Å². The lowest BCUT2D eigenvalue weighted by atomic mass is 9.82. The van der Waals surface area contributed by atoms with Gasteiger partial charge in [0.25, 0.3) is 0 Å². The van der Waals surface area contributed by atoms with E-state index in [-0.39, 0.29) is 41.9 Å². The second-order valence-corrected chi connectivity index (χ2v) is 7.29. The van der Waals surface area contributed by atoms with Crippen molar-refractivity contribution in [1.82, 2.24) is 0 Å². The number of ether oxygens (including phenoxy) is 2. The number of carbonyl (C=O) groups excluding carboxylic acids is 2. The first kappa shape index (κ1) is 16.7. The topological polar surface area (TPSA) is 52.6 Å². The molecule has 0 spiro atoms. The van der Waals surface area contributed by atoms with Crippen LogP contribution in [0, 0.1) is 17.8 Å². The van der Waals surface area contributed by atoms with Crippen LogP contribution in [0.15, 0.2) is 48.1 Å². The molecule has 0 aromatic carbocycles. The second kappa shape index (κ2) is 6.08. The molecule has 128 valence electrons. The van der Waals surface area contributed by atoms with E-state index >= 15 is 0 Å². The molecule has 3 rings (SSSR count). The molecule has 24 heavy (non-hydrogen) atoms. The molecule has 5 atom stereocenters. The summed E-state index contributed by atoms with van der Waals surface area (Å²) in [7, 11) is 0. The van der Waals surface area contributed by atoms with E-state index in [2.05, 4.69) is 19.7 Å². The highest BCUT2D eigenvalue weighted by molar-refractivity contribution is 5.91. The molecule has 1 heterocycles. The molecule has 0 radical (unpaired) electrons. The van der Waals surface area contributed by atoms with Gasteiger partial charge in [-0.05, 0) is 44.6 Å². The zero-order valence-electron chi connectivity index (χ0n) is 14.3. The summed E-state index contributed by atoms with van der Waals surface area (Å²) in [5, 5.41) is 0. The minimum atomic E-state index is -0.355. The van der Waals surface area contributed by atoms with Gasteiger partial charge in [0.05, 0.1) is 0 Å². The minimum absolute atomic E-state index is 0.00762.